The lowest BCUT2D eigenvalue weighted by atomic mass is 10.2. The Morgan fingerprint density at radius 3 is 2.33 bits per heavy atom. The first kappa shape index (κ1) is 16.2. The summed E-state index contributed by atoms with van der Waals surface area (Å²) in [5.41, 5.74) is 0.107. The number of ether oxygens (including phenoxy) is 2. The molecule has 0 fully saturated rings. The van der Waals surface area contributed by atoms with E-state index in [1.54, 1.807) is 23.5 Å². The quantitative estimate of drug-likeness (QED) is 0.602. The number of alkyl carbamates (subject to hydrolysis) is 1. The standard InChI is InChI=1S/C13H13NO7/c1-2-20-12(18)9(10(15)16)14-13(19)21-11(17)8-6-4-3-5-7-8/h3-7,9H,2H2,1H3,(H,14,19)(H,15,16). The minimum atomic E-state index is -1.94. The number of aliphatic carboxylic acids is 1. The summed E-state index contributed by atoms with van der Waals surface area (Å²) in [5.74, 6) is -3.76. The van der Waals surface area contributed by atoms with Crippen LogP contribution in [0.25, 0.3) is 0 Å². The van der Waals surface area contributed by atoms with E-state index in [1.165, 1.54) is 19.1 Å². The first-order valence-electron chi connectivity index (χ1n) is 5.92. The fraction of sp³-hybridized carbons (Fsp3) is 0.231. The Bertz CT molecular complexity index is 541. The topological polar surface area (TPSA) is 119 Å². The first-order chi connectivity index (χ1) is 9.95. The van der Waals surface area contributed by atoms with Gasteiger partial charge in [0.15, 0.2) is 0 Å². The molecule has 1 amide bonds. The number of nitrogens with one attached hydrogen (secondary N) is 1. The van der Waals surface area contributed by atoms with Crippen molar-refractivity contribution in [3.63, 3.8) is 0 Å². The van der Waals surface area contributed by atoms with Crippen LogP contribution in [0, 0.1) is 0 Å². The minimum absolute atomic E-state index is 0.0533. The average Bonchev–Trinajstić information content (AvgIpc) is 2.45. The largest absolute Gasteiger partial charge is 0.479 e. The van der Waals surface area contributed by atoms with Gasteiger partial charge in [0.2, 0.25) is 6.04 Å². The summed E-state index contributed by atoms with van der Waals surface area (Å²) >= 11 is 0. The molecule has 0 bridgehead atoms. The van der Waals surface area contributed by atoms with Gasteiger partial charge < -0.3 is 14.6 Å². The van der Waals surface area contributed by atoms with E-state index in [-0.39, 0.29) is 12.2 Å². The monoisotopic (exact) mass is 295 g/mol. The van der Waals surface area contributed by atoms with Crippen molar-refractivity contribution in [1.29, 1.82) is 0 Å². The van der Waals surface area contributed by atoms with Crippen molar-refractivity contribution in [3.8, 4) is 0 Å². The second-order valence-electron chi connectivity index (χ2n) is 3.71. The molecule has 8 nitrogen and oxygen atoms in total. The maximum atomic E-state index is 11.6. The molecule has 0 saturated heterocycles. The van der Waals surface area contributed by atoms with Crippen molar-refractivity contribution >= 4 is 24.0 Å². The number of benzene rings is 1. The van der Waals surface area contributed by atoms with E-state index in [9.17, 15) is 19.2 Å². The van der Waals surface area contributed by atoms with Gasteiger partial charge in [-0.25, -0.2) is 19.2 Å². The van der Waals surface area contributed by atoms with Gasteiger partial charge in [-0.05, 0) is 19.1 Å². The summed E-state index contributed by atoms with van der Waals surface area (Å²) in [4.78, 5) is 45.1. The highest BCUT2D eigenvalue weighted by Crippen LogP contribution is 2.01. The highest BCUT2D eigenvalue weighted by atomic mass is 16.6. The molecule has 0 spiro atoms. The average molecular weight is 295 g/mol. The summed E-state index contributed by atoms with van der Waals surface area (Å²) in [6.07, 6.45) is -1.36. The van der Waals surface area contributed by atoms with Gasteiger partial charge in [0.05, 0.1) is 12.2 Å². The molecule has 0 aliphatic rings. The lowest BCUT2D eigenvalue weighted by Gasteiger charge is -2.12. The molecule has 112 valence electrons. The zero-order valence-corrected chi connectivity index (χ0v) is 11.1. The molecule has 1 aromatic rings. The van der Waals surface area contributed by atoms with Gasteiger partial charge in [-0.3, -0.25) is 5.32 Å². The Hall–Kier alpha value is -2.90. The molecule has 0 radical (unpaired) electrons. The summed E-state index contributed by atoms with van der Waals surface area (Å²) < 4.78 is 8.87. The van der Waals surface area contributed by atoms with E-state index in [2.05, 4.69) is 9.47 Å². The smallest absolute Gasteiger partial charge is 0.416 e. The molecule has 0 aliphatic carbocycles. The number of hydrogen-bond acceptors (Lipinski definition) is 6. The molecule has 1 aromatic carbocycles. The predicted molar refractivity (Wildman–Crippen MR) is 68.4 cm³/mol. The summed E-state index contributed by atoms with van der Waals surface area (Å²) in [5, 5.41) is 10.6. The maximum Gasteiger partial charge on any atom is 0.416 e. The number of amides is 1. The number of carboxylic acid groups (broad SMARTS) is 1. The van der Waals surface area contributed by atoms with Crippen LogP contribution in [0.3, 0.4) is 0 Å². The number of hydrogen-bond donors (Lipinski definition) is 2. The lowest BCUT2D eigenvalue weighted by Crippen LogP contribution is -2.47. The van der Waals surface area contributed by atoms with Crippen LogP contribution in [-0.2, 0) is 19.1 Å². The molecule has 0 aromatic heterocycles. The van der Waals surface area contributed by atoms with E-state index in [0.29, 0.717) is 0 Å². The van der Waals surface area contributed by atoms with E-state index >= 15 is 0 Å². The summed E-state index contributed by atoms with van der Waals surface area (Å²) in [7, 11) is 0. The van der Waals surface area contributed by atoms with Crippen molar-refractivity contribution in [2.75, 3.05) is 6.61 Å². The minimum Gasteiger partial charge on any atom is -0.479 e. The van der Waals surface area contributed by atoms with Crippen LogP contribution in [0.1, 0.15) is 17.3 Å². The van der Waals surface area contributed by atoms with Crippen LogP contribution in [0.5, 0.6) is 0 Å². The molecular formula is C13H13NO7. The van der Waals surface area contributed by atoms with Crippen molar-refractivity contribution in [1.82, 2.24) is 5.32 Å². The van der Waals surface area contributed by atoms with Crippen LogP contribution in [0.15, 0.2) is 30.3 Å². The third-order valence-electron chi connectivity index (χ3n) is 2.23. The number of carbonyl (C=O) groups excluding carboxylic acids is 3. The summed E-state index contributed by atoms with van der Waals surface area (Å²) in [6.45, 7) is 1.43. The van der Waals surface area contributed by atoms with Gasteiger partial charge in [0.1, 0.15) is 0 Å². The van der Waals surface area contributed by atoms with E-state index in [0.717, 1.165) is 0 Å². The van der Waals surface area contributed by atoms with E-state index in [4.69, 9.17) is 5.11 Å². The SMILES string of the molecule is CCOC(=O)C(NC(=O)OC(=O)c1ccccc1)C(=O)O. The van der Waals surface area contributed by atoms with Crippen LogP contribution in [-0.4, -0.2) is 41.8 Å². The van der Waals surface area contributed by atoms with Crippen molar-refractivity contribution < 1.29 is 33.8 Å². The summed E-state index contributed by atoms with van der Waals surface area (Å²) in [6, 6.07) is 5.67. The lowest BCUT2D eigenvalue weighted by molar-refractivity contribution is -0.154. The molecule has 0 aliphatic heterocycles. The Morgan fingerprint density at radius 1 is 1.19 bits per heavy atom. The Labute approximate surface area is 119 Å². The second kappa shape index (κ2) is 7.63. The molecule has 1 unspecified atom stereocenters. The number of rotatable bonds is 5. The zero-order chi connectivity index (χ0) is 15.8. The van der Waals surface area contributed by atoms with Gasteiger partial charge in [-0.15, -0.1) is 0 Å². The molecule has 21 heavy (non-hydrogen) atoms. The third-order valence-corrected chi connectivity index (χ3v) is 2.23. The van der Waals surface area contributed by atoms with Crippen LogP contribution < -0.4 is 5.32 Å². The van der Waals surface area contributed by atoms with Crippen molar-refractivity contribution in [2.45, 2.75) is 13.0 Å². The fourth-order valence-electron chi connectivity index (χ4n) is 1.31. The molecule has 1 rings (SSSR count). The van der Waals surface area contributed by atoms with E-state index in [1.807, 2.05) is 0 Å². The molecule has 2 N–H and O–H groups in total. The van der Waals surface area contributed by atoms with Gasteiger partial charge >= 0.3 is 24.0 Å². The van der Waals surface area contributed by atoms with Gasteiger partial charge in [0, 0.05) is 0 Å². The van der Waals surface area contributed by atoms with Crippen LogP contribution in [0.2, 0.25) is 0 Å². The highest BCUT2D eigenvalue weighted by Gasteiger charge is 2.30. The zero-order valence-electron chi connectivity index (χ0n) is 11.1. The molecule has 8 heteroatoms. The first-order valence-corrected chi connectivity index (χ1v) is 5.92. The normalized spacial score (nSPS) is 11.1. The Morgan fingerprint density at radius 2 is 1.81 bits per heavy atom. The van der Waals surface area contributed by atoms with Crippen molar-refractivity contribution in [3.05, 3.63) is 35.9 Å². The molecule has 1 atom stereocenters. The fourth-order valence-corrected chi connectivity index (χ4v) is 1.31. The number of carboxylic acids is 1. The number of carbonyl (C=O) groups is 4. The van der Waals surface area contributed by atoms with Crippen LogP contribution >= 0.6 is 0 Å². The van der Waals surface area contributed by atoms with Gasteiger partial charge in [-0.2, -0.15) is 0 Å². The van der Waals surface area contributed by atoms with Gasteiger partial charge in [-0.1, -0.05) is 18.2 Å². The second-order valence-corrected chi connectivity index (χ2v) is 3.71. The van der Waals surface area contributed by atoms with E-state index < -0.39 is 30.0 Å². The van der Waals surface area contributed by atoms with Gasteiger partial charge in [0.25, 0.3) is 0 Å². The Kier molecular flexibility index (Phi) is 5.87. The maximum absolute atomic E-state index is 11.6. The highest BCUT2D eigenvalue weighted by molar-refractivity contribution is 6.03. The molecular weight excluding hydrogens is 282 g/mol. The van der Waals surface area contributed by atoms with Crippen molar-refractivity contribution in [2.24, 2.45) is 0 Å². The van der Waals surface area contributed by atoms with Crippen LogP contribution in [0.4, 0.5) is 4.79 Å². The predicted octanol–water partition coefficient (Wildman–Crippen LogP) is 0.569. The molecule has 0 heterocycles. The third kappa shape index (κ3) is 4.94. The number of esters is 2. The molecule has 0 saturated carbocycles. The Balaban J connectivity index is 2.64.